The van der Waals surface area contributed by atoms with E-state index in [2.05, 4.69) is 23.1 Å². The molecule has 2 aromatic rings. The molecule has 1 nitrogen and oxygen atoms in total. The van der Waals surface area contributed by atoms with E-state index < -0.39 is 0 Å². The fraction of sp³-hybridized carbons (Fsp3) is 0.500. The van der Waals surface area contributed by atoms with Gasteiger partial charge < -0.3 is 4.90 Å². The lowest BCUT2D eigenvalue weighted by molar-refractivity contribution is 0.111. The van der Waals surface area contributed by atoms with Crippen molar-refractivity contribution in [2.75, 3.05) is 13.1 Å². The average Bonchev–Trinajstić information content (AvgIpc) is 3.32. The number of fused-ring (bicyclic) bond motifs is 2. The number of likely N-dealkylation sites (tertiary alicyclic amines) is 1. The quantitative estimate of drug-likeness (QED) is 0.671. The first kappa shape index (κ1) is 16.5. The molecule has 3 fully saturated rings. The molecule has 2 aliphatic carbocycles. The molecule has 1 saturated heterocycles. The van der Waals surface area contributed by atoms with Crippen molar-refractivity contribution in [1.29, 1.82) is 0 Å². The van der Waals surface area contributed by atoms with Crippen LogP contribution in [0.1, 0.15) is 50.0 Å². The molecule has 3 atom stereocenters. The van der Waals surface area contributed by atoms with Crippen molar-refractivity contribution < 1.29 is 4.39 Å². The lowest BCUT2D eigenvalue weighted by atomic mass is 9.83. The van der Waals surface area contributed by atoms with Crippen LogP contribution in [0.15, 0.2) is 48.5 Å². The minimum atomic E-state index is -0.112. The van der Waals surface area contributed by atoms with Crippen LogP contribution in [0.2, 0.25) is 0 Å². The Hall–Kier alpha value is -1.67. The second-order valence-corrected chi connectivity index (χ2v) is 8.62. The van der Waals surface area contributed by atoms with E-state index in [0.717, 1.165) is 29.0 Å². The summed E-state index contributed by atoms with van der Waals surface area (Å²) in [4.78, 5) is 2.78. The Morgan fingerprint density at radius 2 is 1.50 bits per heavy atom. The van der Waals surface area contributed by atoms with Gasteiger partial charge in [0.1, 0.15) is 5.82 Å². The number of rotatable bonds is 3. The van der Waals surface area contributed by atoms with Gasteiger partial charge in [-0.05, 0) is 80.1 Å². The molecule has 2 heteroatoms. The summed E-state index contributed by atoms with van der Waals surface area (Å²) in [6, 6.07) is 16.5. The van der Waals surface area contributed by atoms with Crippen molar-refractivity contribution in [2.45, 2.75) is 50.5 Å². The standard InChI is InChI=1S/C24H28FN/c25-23-8-4-3-7-22(23)21-6-2-1-5-20(21)18-11-13-26(14-12-18)24-16-17-9-10-19(24)15-17/h1-8,17-19,24H,9-16H2/t17-,19+,24-/m1/s1. The van der Waals surface area contributed by atoms with Gasteiger partial charge in [0, 0.05) is 11.6 Å². The summed E-state index contributed by atoms with van der Waals surface area (Å²) in [6.07, 6.45) is 8.29. The van der Waals surface area contributed by atoms with Crippen molar-refractivity contribution in [3.05, 3.63) is 59.9 Å². The maximum absolute atomic E-state index is 14.4. The first-order chi connectivity index (χ1) is 12.8. The maximum Gasteiger partial charge on any atom is 0.131 e. The number of benzene rings is 2. The van der Waals surface area contributed by atoms with Gasteiger partial charge in [0.15, 0.2) is 0 Å². The molecule has 1 heterocycles. The molecule has 0 amide bonds. The van der Waals surface area contributed by atoms with Gasteiger partial charge >= 0.3 is 0 Å². The van der Waals surface area contributed by atoms with Crippen LogP contribution >= 0.6 is 0 Å². The van der Waals surface area contributed by atoms with E-state index in [9.17, 15) is 4.39 Å². The van der Waals surface area contributed by atoms with E-state index in [1.807, 2.05) is 18.2 Å². The third-order valence-corrected chi connectivity index (χ3v) is 7.26. The predicted molar refractivity (Wildman–Crippen MR) is 105 cm³/mol. The normalized spacial score (nSPS) is 29.3. The van der Waals surface area contributed by atoms with Crippen LogP contribution < -0.4 is 0 Å². The molecule has 0 unspecified atom stereocenters. The predicted octanol–water partition coefficient (Wildman–Crippen LogP) is 5.86. The highest BCUT2D eigenvalue weighted by Gasteiger charge is 2.42. The van der Waals surface area contributed by atoms with Gasteiger partial charge in [-0.1, -0.05) is 48.9 Å². The molecule has 1 aliphatic heterocycles. The van der Waals surface area contributed by atoms with Crippen LogP contribution in [0.4, 0.5) is 4.39 Å². The van der Waals surface area contributed by atoms with Crippen LogP contribution in [0.5, 0.6) is 0 Å². The lowest BCUT2D eigenvalue weighted by Crippen LogP contribution is -2.43. The summed E-state index contributed by atoms with van der Waals surface area (Å²) in [5, 5.41) is 0. The Bertz CT molecular complexity index is 777. The highest BCUT2D eigenvalue weighted by atomic mass is 19.1. The van der Waals surface area contributed by atoms with Gasteiger partial charge in [-0.3, -0.25) is 0 Å². The fourth-order valence-corrected chi connectivity index (χ4v) is 5.98. The second kappa shape index (κ2) is 6.81. The minimum Gasteiger partial charge on any atom is -0.300 e. The monoisotopic (exact) mass is 349 g/mol. The molecule has 0 spiro atoms. The van der Waals surface area contributed by atoms with Crippen molar-refractivity contribution in [3.8, 4) is 11.1 Å². The molecule has 5 rings (SSSR count). The average molecular weight is 349 g/mol. The van der Waals surface area contributed by atoms with Crippen molar-refractivity contribution in [3.63, 3.8) is 0 Å². The third-order valence-electron chi connectivity index (χ3n) is 7.26. The number of halogens is 1. The summed E-state index contributed by atoms with van der Waals surface area (Å²) < 4.78 is 14.4. The Morgan fingerprint density at radius 1 is 0.769 bits per heavy atom. The van der Waals surface area contributed by atoms with E-state index in [-0.39, 0.29) is 5.82 Å². The highest BCUT2D eigenvalue weighted by molar-refractivity contribution is 5.68. The Morgan fingerprint density at radius 3 is 2.19 bits per heavy atom. The molecule has 0 aromatic heterocycles. The van der Waals surface area contributed by atoms with Crippen LogP contribution in [0.25, 0.3) is 11.1 Å². The molecule has 2 bridgehead atoms. The minimum absolute atomic E-state index is 0.112. The molecule has 26 heavy (non-hydrogen) atoms. The summed E-state index contributed by atoms with van der Waals surface area (Å²) in [5.41, 5.74) is 3.17. The van der Waals surface area contributed by atoms with Crippen LogP contribution in [-0.2, 0) is 0 Å². The van der Waals surface area contributed by atoms with Crippen molar-refractivity contribution >= 4 is 0 Å². The van der Waals surface area contributed by atoms with Gasteiger partial charge in [0.2, 0.25) is 0 Å². The lowest BCUT2D eigenvalue weighted by Gasteiger charge is -2.40. The van der Waals surface area contributed by atoms with Gasteiger partial charge in [-0.2, -0.15) is 0 Å². The van der Waals surface area contributed by atoms with E-state index in [1.54, 1.807) is 12.1 Å². The van der Waals surface area contributed by atoms with Gasteiger partial charge in [0.25, 0.3) is 0 Å². The largest absolute Gasteiger partial charge is 0.300 e. The molecule has 2 saturated carbocycles. The Labute approximate surface area is 156 Å². The zero-order chi connectivity index (χ0) is 17.5. The van der Waals surface area contributed by atoms with Crippen LogP contribution in [0, 0.1) is 17.7 Å². The highest BCUT2D eigenvalue weighted by Crippen LogP contribution is 2.48. The first-order valence-electron chi connectivity index (χ1n) is 10.4. The van der Waals surface area contributed by atoms with Crippen LogP contribution in [-0.4, -0.2) is 24.0 Å². The molecule has 2 aromatic carbocycles. The van der Waals surface area contributed by atoms with E-state index in [1.165, 1.54) is 57.2 Å². The summed E-state index contributed by atoms with van der Waals surface area (Å²) in [5.74, 6) is 2.44. The molecule has 3 aliphatic rings. The number of nitrogens with zero attached hydrogens (tertiary/aromatic N) is 1. The number of hydrogen-bond acceptors (Lipinski definition) is 1. The SMILES string of the molecule is Fc1ccccc1-c1ccccc1C1CCN([C@@H]2C[C@@H]3CC[C@H]2C3)CC1. The van der Waals surface area contributed by atoms with E-state index in [4.69, 9.17) is 0 Å². The van der Waals surface area contributed by atoms with Gasteiger partial charge in [0.05, 0.1) is 0 Å². The number of hydrogen-bond donors (Lipinski definition) is 0. The maximum atomic E-state index is 14.4. The second-order valence-electron chi connectivity index (χ2n) is 8.62. The summed E-state index contributed by atoms with van der Waals surface area (Å²) in [7, 11) is 0. The van der Waals surface area contributed by atoms with Gasteiger partial charge in [-0.15, -0.1) is 0 Å². The van der Waals surface area contributed by atoms with Crippen molar-refractivity contribution in [2.24, 2.45) is 11.8 Å². The molecular formula is C24H28FN. The summed E-state index contributed by atoms with van der Waals surface area (Å²) in [6.45, 7) is 2.42. The Kier molecular flexibility index (Phi) is 4.32. The smallest absolute Gasteiger partial charge is 0.131 e. The summed E-state index contributed by atoms with van der Waals surface area (Å²) >= 11 is 0. The third kappa shape index (κ3) is 2.89. The fourth-order valence-electron chi connectivity index (χ4n) is 5.98. The zero-order valence-corrected chi connectivity index (χ0v) is 15.4. The number of piperidine rings is 1. The Balaban J connectivity index is 1.34. The van der Waals surface area contributed by atoms with Gasteiger partial charge in [-0.25, -0.2) is 4.39 Å². The van der Waals surface area contributed by atoms with Crippen LogP contribution in [0.3, 0.4) is 0 Å². The van der Waals surface area contributed by atoms with E-state index in [0.29, 0.717) is 5.92 Å². The van der Waals surface area contributed by atoms with Crippen molar-refractivity contribution in [1.82, 2.24) is 4.90 Å². The topological polar surface area (TPSA) is 3.24 Å². The molecule has 0 N–H and O–H groups in total. The first-order valence-corrected chi connectivity index (χ1v) is 10.4. The molecular weight excluding hydrogens is 321 g/mol. The molecule has 0 radical (unpaired) electrons. The van der Waals surface area contributed by atoms with E-state index >= 15 is 0 Å². The zero-order valence-electron chi connectivity index (χ0n) is 15.4. The molecule has 136 valence electrons.